The van der Waals surface area contributed by atoms with E-state index >= 15 is 0 Å². The second-order valence-electron chi connectivity index (χ2n) is 6.77. The van der Waals surface area contributed by atoms with Gasteiger partial charge in [0.1, 0.15) is 0 Å². The van der Waals surface area contributed by atoms with Crippen LogP contribution in [0.2, 0.25) is 0 Å². The molecular formula is C17H25N3O2S. The average molecular weight is 335 g/mol. The number of aromatic nitrogens is 2. The number of pyridine rings is 1. The number of amides is 1. The van der Waals surface area contributed by atoms with Crippen molar-refractivity contribution in [3.8, 4) is 0 Å². The van der Waals surface area contributed by atoms with Crippen LogP contribution in [-0.4, -0.2) is 51.3 Å². The number of thioether (sulfide) groups is 1. The van der Waals surface area contributed by atoms with Crippen LogP contribution in [0.15, 0.2) is 29.6 Å². The van der Waals surface area contributed by atoms with E-state index in [0.29, 0.717) is 25.2 Å². The van der Waals surface area contributed by atoms with Crippen LogP contribution in [-0.2, 0) is 0 Å². The Morgan fingerprint density at radius 1 is 1.39 bits per heavy atom. The van der Waals surface area contributed by atoms with Crippen LogP contribution in [0, 0.1) is 5.41 Å². The smallest absolute Gasteiger partial charge is 0.274 e. The molecule has 2 heterocycles. The number of carbonyl (C=O) groups is 1. The minimum absolute atomic E-state index is 0.0109. The van der Waals surface area contributed by atoms with Crippen molar-refractivity contribution >= 4 is 23.2 Å². The summed E-state index contributed by atoms with van der Waals surface area (Å²) < 4.78 is 1.94. The molecule has 23 heavy (non-hydrogen) atoms. The lowest BCUT2D eigenvalue weighted by Gasteiger charge is -2.29. The van der Waals surface area contributed by atoms with Crippen LogP contribution in [0.1, 0.15) is 37.7 Å². The van der Waals surface area contributed by atoms with Crippen molar-refractivity contribution in [2.75, 3.05) is 26.0 Å². The molecule has 0 bridgehead atoms. The molecule has 5 nitrogen and oxygen atoms in total. The van der Waals surface area contributed by atoms with Crippen molar-refractivity contribution in [1.29, 1.82) is 0 Å². The Labute approximate surface area is 141 Å². The zero-order valence-corrected chi connectivity index (χ0v) is 15.1. The number of nitrogens with zero attached hydrogens (tertiary/aromatic N) is 3. The number of rotatable bonds is 6. The summed E-state index contributed by atoms with van der Waals surface area (Å²) in [7, 11) is 0. The largest absolute Gasteiger partial charge is 0.396 e. The highest BCUT2D eigenvalue weighted by molar-refractivity contribution is 7.98. The fraction of sp³-hybridized carbons (Fsp3) is 0.529. The second kappa shape index (κ2) is 7.36. The van der Waals surface area contributed by atoms with Crippen LogP contribution >= 0.6 is 11.8 Å². The predicted molar refractivity (Wildman–Crippen MR) is 94.0 cm³/mol. The minimum atomic E-state index is -0.0719. The van der Waals surface area contributed by atoms with Gasteiger partial charge in [0.2, 0.25) is 0 Å². The molecular weight excluding hydrogens is 310 g/mol. The number of hydrogen-bond donors (Lipinski definition) is 1. The highest BCUT2D eigenvalue weighted by Crippen LogP contribution is 2.23. The summed E-state index contributed by atoms with van der Waals surface area (Å²) in [6, 6.07) is 5.77. The number of hydrogen-bond acceptors (Lipinski definition) is 4. The molecule has 0 unspecified atom stereocenters. The van der Waals surface area contributed by atoms with Gasteiger partial charge in [0, 0.05) is 25.9 Å². The molecule has 0 spiro atoms. The highest BCUT2D eigenvalue weighted by Gasteiger charge is 2.25. The summed E-state index contributed by atoms with van der Waals surface area (Å²) in [4.78, 5) is 19.4. The van der Waals surface area contributed by atoms with E-state index in [1.807, 2.05) is 35.1 Å². The fourth-order valence-corrected chi connectivity index (χ4v) is 3.09. The summed E-state index contributed by atoms with van der Waals surface area (Å²) in [5.41, 5.74) is 1.30. The lowest BCUT2D eigenvalue weighted by atomic mass is 9.95. The molecule has 1 amide bonds. The van der Waals surface area contributed by atoms with Gasteiger partial charge in [-0.3, -0.25) is 9.20 Å². The molecule has 0 radical (unpaired) electrons. The Morgan fingerprint density at radius 2 is 2.13 bits per heavy atom. The Bertz CT molecular complexity index is 676. The molecule has 2 rings (SSSR count). The zero-order chi connectivity index (χ0) is 17.0. The molecule has 0 aliphatic heterocycles. The van der Waals surface area contributed by atoms with Gasteiger partial charge in [0.15, 0.2) is 10.9 Å². The third kappa shape index (κ3) is 4.26. The minimum Gasteiger partial charge on any atom is -0.396 e. The van der Waals surface area contributed by atoms with Gasteiger partial charge in [-0.2, -0.15) is 0 Å². The van der Waals surface area contributed by atoms with E-state index in [1.165, 1.54) is 11.8 Å². The van der Waals surface area contributed by atoms with Gasteiger partial charge in [-0.15, -0.1) is 0 Å². The summed E-state index contributed by atoms with van der Waals surface area (Å²) in [6.45, 7) is 7.55. The van der Waals surface area contributed by atoms with Crippen LogP contribution in [0.4, 0.5) is 0 Å². The molecule has 0 aliphatic carbocycles. The monoisotopic (exact) mass is 335 g/mol. The standard InChI is InChI=1S/C17H25N3O2S/c1-17(2,3)12-19(9-7-11-21)15(22)14-13-8-5-6-10-20(13)16(18-14)23-4/h5-6,8,10,21H,7,9,11-12H2,1-4H3. The first-order chi connectivity index (χ1) is 10.9. The van der Waals surface area contributed by atoms with Gasteiger partial charge in [-0.25, -0.2) is 4.98 Å². The molecule has 2 aromatic rings. The Morgan fingerprint density at radius 3 is 2.74 bits per heavy atom. The van der Waals surface area contributed by atoms with E-state index in [9.17, 15) is 4.79 Å². The molecule has 126 valence electrons. The van der Waals surface area contributed by atoms with Gasteiger partial charge < -0.3 is 10.0 Å². The van der Waals surface area contributed by atoms with E-state index in [-0.39, 0.29) is 17.9 Å². The van der Waals surface area contributed by atoms with Crippen LogP contribution in [0.5, 0.6) is 0 Å². The van der Waals surface area contributed by atoms with Crippen molar-refractivity contribution < 1.29 is 9.90 Å². The maximum absolute atomic E-state index is 13.0. The molecule has 1 N–H and O–H groups in total. The van der Waals surface area contributed by atoms with E-state index in [4.69, 9.17) is 5.11 Å². The van der Waals surface area contributed by atoms with Gasteiger partial charge in [0.25, 0.3) is 5.91 Å². The molecule has 0 fully saturated rings. The van der Waals surface area contributed by atoms with E-state index in [2.05, 4.69) is 25.8 Å². The number of fused-ring (bicyclic) bond motifs is 1. The quantitative estimate of drug-likeness (QED) is 0.825. The molecule has 6 heteroatoms. The maximum atomic E-state index is 13.0. The molecule has 0 saturated carbocycles. The number of aliphatic hydroxyl groups is 1. The van der Waals surface area contributed by atoms with Gasteiger partial charge >= 0.3 is 0 Å². The van der Waals surface area contributed by atoms with Crippen molar-refractivity contribution in [1.82, 2.24) is 14.3 Å². The third-order valence-corrected chi connectivity index (χ3v) is 4.09. The zero-order valence-electron chi connectivity index (χ0n) is 14.2. The van der Waals surface area contributed by atoms with Crippen LogP contribution < -0.4 is 0 Å². The molecule has 0 atom stereocenters. The first kappa shape index (κ1) is 17.8. The van der Waals surface area contributed by atoms with E-state index < -0.39 is 0 Å². The first-order valence-corrected chi connectivity index (χ1v) is 9.01. The lowest BCUT2D eigenvalue weighted by Crippen LogP contribution is -2.39. The van der Waals surface area contributed by atoms with Crippen molar-refractivity contribution in [2.24, 2.45) is 5.41 Å². The van der Waals surface area contributed by atoms with Crippen LogP contribution in [0.3, 0.4) is 0 Å². The number of carbonyl (C=O) groups excluding carboxylic acids is 1. The Hall–Kier alpha value is -1.53. The summed E-state index contributed by atoms with van der Waals surface area (Å²) >= 11 is 1.52. The topological polar surface area (TPSA) is 57.8 Å². The second-order valence-corrected chi connectivity index (χ2v) is 7.54. The number of aliphatic hydroxyl groups excluding tert-OH is 1. The summed E-state index contributed by atoms with van der Waals surface area (Å²) in [5.74, 6) is -0.0719. The van der Waals surface area contributed by atoms with E-state index in [1.54, 1.807) is 4.90 Å². The van der Waals surface area contributed by atoms with E-state index in [0.717, 1.165) is 10.7 Å². The molecule has 2 aromatic heterocycles. The SMILES string of the molecule is CSc1nc(C(=O)N(CCCO)CC(C)(C)C)c2ccccn12. The summed E-state index contributed by atoms with van der Waals surface area (Å²) in [5, 5.41) is 9.93. The fourth-order valence-electron chi connectivity index (χ4n) is 2.55. The molecule has 0 aliphatic rings. The van der Waals surface area contributed by atoms with Gasteiger partial charge in [0.05, 0.1) is 5.52 Å². The third-order valence-electron chi connectivity index (χ3n) is 3.44. The Balaban J connectivity index is 2.39. The maximum Gasteiger partial charge on any atom is 0.274 e. The van der Waals surface area contributed by atoms with Gasteiger partial charge in [-0.05, 0) is 30.2 Å². The molecule has 0 saturated heterocycles. The lowest BCUT2D eigenvalue weighted by molar-refractivity contribution is 0.0678. The molecule has 0 aromatic carbocycles. The van der Waals surface area contributed by atoms with Crippen molar-refractivity contribution in [2.45, 2.75) is 32.3 Å². The van der Waals surface area contributed by atoms with Gasteiger partial charge in [-0.1, -0.05) is 38.6 Å². The van der Waals surface area contributed by atoms with Crippen LogP contribution in [0.25, 0.3) is 5.52 Å². The summed E-state index contributed by atoms with van der Waals surface area (Å²) in [6.07, 6.45) is 4.45. The first-order valence-electron chi connectivity index (χ1n) is 7.78. The van der Waals surface area contributed by atoms with Crippen molar-refractivity contribution in [3.05, 3.63) is 30.1 Å². The van der Waals surface area contributed by atoms with Crippen molar-refractivity contribution in [3.63, 3.8) is 0 Å². The normalized spacial score (nSPS) is 11.9. The average Bonchev–Trinajstić information content (AvgIpc) is 2.88. The predicted octanol–water partition coefficient (Wildman–Crippen LogP) is 2.93. The highest BCUT2D eigenvalue weighted by atomic mass is 32.2. The Kier molecular flexibility index (Phi) is 5.70. The number of imidazole rings is 1.